The molecule has 1 aliphatic rings. The molecule has 1 aliphatic carbocycles. The molecule has 0 radical (unpaired) electrons. The predicted octanol–water partition coefficient (Wildman–Crippen LogP) is 2.11. The minimum Gasteiger partial charge on any atom is -0.409 e. The Morgan fingerprint density at radius 3 is 2.84 bits per heavy atom. The molecule has 19 heavy (non-hydrogen) atoms. The van der Waals surface area contributed by atoms with Gasteiger partial charge >= 0.3 is 0 Å². The standard InChI is InChI=1S/C14H22N4O/c1-10-7-8-16-14(12(10)13(15)17-19)18(2)9-11-5-3-4-6-11/h7-8,11,19H,3-6,9H2,1-2H3,(H2,15,17). The van der Waals surface area contributed by atoms with Gasteiger partial charge in [-0.2, -0.15) is 0 Å². The molecule has 1 saturated carbocycles. The lowest BCUT2D eigenvalue weighted by molar-refractivity contribution is 0.318. The van der Waals surface area contributed by atoms with Gasteiger partial charge in [0.15, 0.2) is 5.84 Å². The van der Waals surface area contributed by atoms with Crippen molar-refractivity contribution in [1.82, 2.24) is 4.98 Å². The predicted molar refractivity (Wildman–Crippen MR) is 76.7 cm³/mol. The maximum absolute atomic E-state index is 8.92. The lowest BCUT2D eigenvalue weighted by Crippen LogP contribution is -2.28. The van der Waals surface area contributed by atoms with Crippen LogP contribution in [-0.4, -0.2) is 29.6 Å². The Bertz CT molecular complexity index is 467. The molecule has 0 bridgehead atoms. The molecular formula is C14H22N4O. The smallest absolute Gasteiger partial charge is 0.174 e. The molecule has 0 saturated heterocycles. The van der Waals surface area contributed by atoms with Gasteiger partial charge < -0.3 is 15.8 Å². The van der Waals surface area contributed by atoms with Crippen LogP contribution in [0.5, 0.6) is 0 Å². The van der Waals surface area contributed by atoms with Crippen LogP contribution in [0.25, 0.3) is 0 Å². The van der Waals surface area contributed by atoms with Gasteiger partial charge in [0.2, 0.25) is 0 Å². The van der Waals surface area contributed by atoms with Crippen LogP contribution in [0.15, 0.2) is 17.4 Å². The highest BCUT2D eigenvalue weighted by Crippen LogP contribution is 2.28. The number of amidine groups is 1. The molecule has 0 unspecified atom stereocenters. The van der Waals surface area contributed by atoms with Gasteiger partial charge in [-0.1, -0.05) is 18.0 Å². The molecule has 1 heterocycles. The van der Waals surface area contributed by atoms with Gasteiger partial charge in [-0.3, -0.25) is 0 Å². The molecule has 5 nitrogen and oxygen atoms in total. The second-order valence-corrected chi connectivity index (χ2v) is 5.34. The van der Waals surface area contributed by atoms with Crippen LogP contribution < -0.4 is 10.6 Å². The van der Waals surface area contributed by atoms with Gasteiger partial charge in [0.05, 0.1) is 5.56 Å². The molecule has 2 rings (SSSR count). The van der Waals surface area contributed by atoms with E-state index in [0.717, 1.165) is 29.4 Å². The van der Waals surface area contributed by atoms with E-state index in [-0.39, 0.29) is 5.84 Å². The summed E-state index contributed by atoms with van der Waals surface area (Å²) in [5, 5.41) is 12.0. The molecular weight excluding hydrogens is 240 g/mol. The van der Waals surface area contributed by atoms with Crippen molar-refractivity contribution >= 4 is 11.7 Å². The van der Waals surface area contributed by atoms with Crippen LogP contribution in [0.2, 0.25) is 0 Å². The first-order valence-electron chi connectivity index (χ1n) is 6.78. The second-order valence-electron chi connectivity index (χ2n) is 5.34. The summed E-state index contributed by atoms with van der Waals surface area (Å²) < 4.78 is 0. The third kappa shape index (κ3) is 2.97. The fraction of sp³-hybridized carbons (Fsp3) is 0.571. The molecule has 0 spiro atoms. The molecule has 1 aromatic heterocycles. The topological polar surface area (TPSA) is 74.7 Å². The Balaban J connectivity index is 2.25. The number of hydrogen-bond donors (Lipinski definition) is 2. The van der Waals surface area contributed by atoms with E-state index in [4.69, 9.17) is 10.9 Å². The largest absolute Gasteiger partial charge is 0.409 e. The number of aryl methyl sites for hydroxylation is 1. The summed E-state index contributed by atoms with van der Waals surface area (Å²) in [7, 11) is 2.02. The van der Waals surface area contributed by atoms with E-state index in [1.54, 1.807) is 6.20 Å². The van der Waals surface area contributed by atoms with Crippen LogP contribution in [0, 0.1) is 12.8 Å². The lowest BCUT2D eigenvalue weighted by atomic mass is 10.1. The minimum absolute atomic E-state index is 0.124. The first-order valence-corrected chi connectivity index (χ1v) is 6.78. The van der Waals surface area contributed by atoms with E-state index in [1.165, 1.54) is 25.7 Å². The molecule has 104 valence electrons. The van der Waals surface area contributed by atoms with E-state index in [2.05, 4.69) is 15.0 Å². The van der Waals surface area contributed by atoms with E-state index in [0.29, 0.717) is 0 Å². The van der Waals surface area contributed by atoms with Crippen molar-refractivity contribution in [2.24, 2.45) is 16.8 Å². The van der Waals surface area contributed by atoms with Gasteiger partial charge in [-0.15, -0.1) is 0 Å². The van der Waals surface area contributed by atoms with Crippen LogP contribution >= 0.6 is 0 Å². The Labute approximate surface area is 114 Å². The normalized spacial score (nSPS) is 16.8. The number of aromatic nitrogens is 1. The molecule has 0 atom stereocenters. The van der Waals surface area contributed by atoms with Gasteiger partial charge in [0, 0.05) is 19.8 Å². The van der Waals surface area contributed by atoms with Gasteiger partial charge in [-0.25, -0.2) is 4.98 Å². The summed E-state index contributed by atoms with van der Waals surface area (Å²) in [6.45, 7) is 2.92. The summed E-state index contributed by atoms with van der Waals surface area (Å²) in [5.74, 6) is 1.65. The number of anilines is 1. The van der Waals surface area contributed by atoms with Crippen LogP contribution in [0.3, 0.4) is 0 Å². The Morgan fingerprint density at radius 2 is 2.21 bits per heavy atom. The molecule has 3 N–H and O–H groups in total. The van der Waals surface area contributed by atoms with Crippen molar-refractivity contribution in [2.45, 2.75) is 32.6 Å². The summed E-state index contributed by atoms with van der Waals surface area (Å²) >= 11 is 0. The summed E-state index contributed by atoms with van der Waals surface area (Å²) in [6, 6.07) is 1.88. The second kappa shape index (κ2) is 5.91. The zero-order valence-electron chi connectivity index (χ0n) is 11.6. The quantitative estimate of drug-likeness (QED) is 0.377. The third-order valence-corrected chi connectivity index (χ3v) is 3.87. The summed E-state index contributed by atoms with van der Waals surface area (Å²) in [5.41, 5.74) is 7.47. The SMILES string of the molecule is Cc1ccnc(N(C)CC2CCCC2)c1/C(N)=N/O. The highest BCUT2D eigenvalue weighted by Gasteiger charge is 2.20. The monoisotopic (exact) mass is 262 g/mol. The zero-order valence-corrected chi connectivity index (χ0v) is 11.6. The number of rotatable bonds is 4. The van der Waals surface area contributed by atoms with Crippen LogP contribution in [0.1, 0.15) is 36.8 Å². The van der Waals surface area contributed by atoms with Crippen LogP contribution in [0.4, 0.5) is 5.82 Å². The first-order chi connectivity index (χ1) is 9.13. The first kappa shape index (κ1) is 13.6. The van der Waals surface area contributed by atoms with Crippen molar-refractivity contribution in [2.75, 3.05) is 18.5 Å². The number of nitrogens with two attached hydrogens (primary N) is 1. The lowest BCUT2D eigenvalue weighted by Gasteiger charge is -2.24. The fourth-order valence-corrected chi connectivity index (χ4v) is 2.87. The molecule has 0 aliphatic heterocycles. The van der Waals surface area contributed by atoms with Gasteiger partial charge in [0.25, 0.3) is 0 Å². The summed E-state index contributed by atoms with van der Waals surface area (Å²) in [4.78, 5) is 6.53. The van der Waals surface area contributed by atoms with Crippen LogP contribution in [-0.2, 0) is 0 Å². The van der Waals surface area contributed by atoms with E-state index < -0.39 is 0 Å². The molecule has 1 aromatic rings. The zero-order chi connectivity index (χ0) is 13.8. The number of oxime groups is 1. The average Bonchev–Trinajstić information content (AvgIpc) is 2.90. The van der Waals surface area contributed by atoms with Crippen molar-refractivity contribution in [1.29, 1.82) is 0 Å². The summed E-state index contributed by atoms with van der Waals surface area (Å²) in [6.07, 6.45) is 6.99. The average molecular weight is 262 g/mol. The number of hydrogen-bond acceptors (Lipinski definition) is 4. The van der Waals surface area contributed by atoms with Gasteiger partial charge in [-0.05, 0) is 37.3 Å². The third-order valence-electron chi connectivity index (χ3n) is 3.87. The molecule has 5 heteroatoms. The molecule has 1 fully saturated rings. The Hall–Kier alpha value is -1.78. The number of pyridine rings is 1. The van der Waals surface area contributed by atoms with Gasteiger partial charge in [0.1, 0.15) is 5.82 Å². The van der Waals surface area contributed by atoms with Crippen molar-refractivity contribution in [3.8, 4) is 0 Å². The van der Waals surface area contributed by atoms with Crippen molar-refractivity contribution in [3.63, 3.8) is 0 Å². The molecule has 0 aromatic carbocycles. The minimum atomic E-state index is 0.124. The van der Waals surface area contributed by atoms with Crippen molar-refractivity contribution in [3.05, 3.63) is 23.4 Å². The van der Waals surface area contributed by atoms with Crippen molar-refractivity contribution < 1.29 is 5.21 Å². The van der Waals surface area contributed by atoms with E-state index in [1.807, 2.05) is 20.0 Å². The fourth-order valence-electron chi connectivity index (χ4n) is 2.87. The Morgan fingerprint density at radius 1 is 1.53 bits per heavy atom. The maximum Gasteiger partial charge on any atom is 0.174 e. The highest BCUT2D eigenvalue weighted by molar-refractivity contribution is 6.02. The van der Waals surface area contributed by atoms with E-state index >= 15 is 0 Å². The number of nitrogens with zero attached hydrogens (tertiary/aromatic N) is 3. The molecule has 0 amide bonds. The highest BCUT2D eigenvalue weighted by atomic mass is 16.4. The maximum atomic E-state index is 8.92. The van der Waals surface area contributed by atoms with E-state index in [9.17, 15) is 0 Å². The Kier molecular flexibility index (Phi) is 4.24.